The molecule has 1 aliphatic heterocycles. The molecule has 0 saturated heterocycles. The van der Waals surface area contributed by atoms with Gasteiger partial charge in [0.1, 0.15) is 5.75 Å². The molecule has 1 unspecified atom stereocenters. The van der Waals surface area contributed by atoms with Gasteiger partial charge in [0.2, 0.25) is 0 Å². The van der Waals surface area contributed by atoms with Crippen molar-refractivity contribution >= 4 is 0 Å². The van der Waals surface area contributed by atoms with Gasteiger partial charge in [-0.3, -0.25) is 0 Å². The Balaban J connectivity index is 2.03. The van der Waals surface area contributed by atoms with Crippen LogP contribution in [0.1, 0.15) is 30.9 Å². The van der Waals surface area contributed by atoms with Crippen molar-refractivity contribution in [2.45, 2.75) is 26.3 Å². The normalized spacial score (nSPS) is 19.4. The maximum Gasteiger partial charge on any atom is 0.115 e. The average molecular weight is 234 g/mol. The molecule has 0 aromatic heterocycles. The second kappa shape index (κ2) is 5.52. The van der Waals surface area contributed by atoms with E-state index in [0.29, 0.717) is 17.6 Å². The van der Waals surface area contributed by atoms with Crippen molar-refractivity contribution in [2.75, 3.05) is 19.6 Å². The minimum absolute atomic E-state index is 0.375. The summed E-state index contributed by atoms with van der Waals surface area (Å²) in [6.07, 6.45) is 0. The summed E-state index contributed by atoms with van der Waals surface area (Å²) in [4.78, 5) is 0. The standard InChI is InChI=1S/C14H22N2O/c1-10(2)6-15-8-12-9-16-7-11-3-4-13(17)5-14(11)12/h3-5,10,12,15-17H,6-9H2,1-2H3. The number of benzene rings is 1. The van der Waals surface area contributed by atoms with Gasteiger partial charge in [0.15, 0.2) is 0 Å². The van der Waals surface area contributed by atoms with E-state index >= 15 is 0 Å². The molecule has 1 aliphatic rings. The third-order valence-electron chi connectivity index (χ3n) is 3.22. The van der Waals surface area contributed by atoms with Crippen molar-refractivity contribution in [1.29, 1.82) is 0 Å². The van der Waals surface area contributed by atoms with Crippen LogP contribution in [0, 0.1) is 5.92 Å². The first-order chi connectivity index (χ1) is 8.16. The van der Waals surface area contributed by atoms with Gasteiger partial charge in [-0.15, -0.1) is 0 Å². The first-order valence-electron chi connectivity index (χ1n) is 6.40. The largest absolute Gasteiger partial charge is 0.508 e. The quantitative estimate of drug-likeness (QED) is 0.744. The highest BCUT2D eigenvalue weighted by Crippen LogP contribution is 2.26. The maximum absolute atomic E-state index is 9.58. The van der Waals surface area contributed by atoms with E-state index in [1.165, 1.54) is 11.1 Å². The zero-order valence-electron chi connectivity index (χ0n) is 10.7. The number of fused-ring (bicyclic) bond motifs is 1. The molecule has 17 heavy (non-hydrogen) atoms. The van der Waals surface area contributed by atoms with Crippen LogP contribution < -0.4 is 10.6 Å². The molecule has 0 radical (unpaired) electrons. The van der Waals surface area contributed by atoms with Crippen molar-refractivity contribution in [3.05, 3.63) is 29.3 Å². The highest BCUT2D eigenvalue weighted by molar-refractivity contribution is 5.39. The minimum atomic E-state index is 0.375. The van der Waals surface area contributed by atoms with Gasteiger partial charge in [-0.05, 0) is 35.7 Å². The van der Waals surface area contributed by atoms with E-state index in [-0.39, 0.29) is 0 Å². The number of aromatic hydroxyl groups is 1. The summed E-state index contributed by atoms with van der Waals surface area (Å²) in [6.45, 7) is 8.35. The van der Waals surface area contributed by atoms with Gasteiger partial charge in [0, 0.05) is 25.6 Å². The monoisotopic (exact) mass is 234 g/mol. The van der Waals surface area contributed by atoms with Crippen LogP contribution in [0.2, 0.25) is 0 Å². The molecule has 0 saturated carbocycles. The lowest BCUT2D eigenvalue weighted by Gasteiger charge is -2.27. The first-order valence-corrected chi connectivity index (χ1v) is 6.40. The fourth-order valence-corrected chi connectivity index (χ4v) is 2.34. The van der Waals surface area contributed by atoms with E-state index in [2.05, 4.69) is 24.5 Å². The predicted molar refractivity (Wildman–Crippen MR) is 70.3 cm³/mol. The number of hydrogen-bond acceptors (Lipinski definition) is 3. The molecule has 94 valence electrons. The van der Waals surface area contributed by atoms with E-state index < -0.39 is 0 Å². The molecule has 2 rings (SSSR count). The van der Waals surface area contributed by atoms with Crippen LogP contribution in [0.15, 0.2) is 18.2 Å². The molecule has 3 N–H and O–H groups in total. The molecule has 3 heteroatoms. The Morgan fingerprint density at radius 3 is 3.06 bits per heavy atom. The van der Waals surface area contributed by atoms with Gasteiger partial charge in [0.25, 0.3) is 0 Å². The SMILES string of the molecule is CC(C)CNCC1CNCc2ccc(O)cc21. The molecular weight excluding hydrogens is 212 g/mol. The van der Waals surface area contributed by atoms with Gasteiger partial charge in [0.05, 0.1) is 0 Å². The van der Waals surface area contributed by atoms with E-state index in [4.69, 9.17) is 0 Å². The van der Waals surface area contributed by atoms with Crippen molar-refractivity contribution < 1.29 is 5.11 Å². The van der Waals surface area contributed by atoms with Crippen LogP contribution in [-0.2, 0) is 6.54 Å². The van der Waals surface area contributed by atoms with Crippen molar-refractivity contribution in [2.24, 2.45) is 5.92 Å². The summed E-state index contributed by atoms with van der Waals surface area (Å²) < 4.78 is 0. The molecule has 1 aromatic rings. The molecule has 1 atom stereocenters. The number of nitrogens with one attached hydrogen (secondary N) is 2. The molecule has 0 amide bonds. The molecule has 0 bridgehead atoms. The smallest absolute Gasteiger partial charge is 0.115 e. The predicted octanol–water partition coefficient (Wildman–Crippen LogP) is 1.82. The third kappa shape index (κ3) is 3.20. The second-order valence-corrected chi connectivity index (χ2v) is 5.26. The second-order valence-electron chi connectivity index (χ2n) is 5.26. The number of hydrogen-bond donors (Lipinski definition) is 3. The molecule has 0 fully saturated rings. The lowest BCUT2D eigenvalue weighted by atomic mass is 9.90. The van der Waals surface area contributed by atoms with Gasteiger partial charge in [-0.1, -0.05) is 19.9 Å². The fourth-order valence-electron chi connectivity index (χ4n) is 2.34. The van der Waals surface area contributed by atoms with Crippen molar-refractivity contribution in [1.82, 2.24) is 10.6 Å². The summed E-state index contributed by atoms with van der Waals surface area (Å²) in [5.74, 6) is 1.51. The topological polar surface area (TPSA) is 44.3 Å². The zero-order valence-corrected chi connectivity index (χ0v) is 10.7. The average Bonchev–Trinajstić information content (AvgIpc) is 2.29. The summed E-state index contributed by atoms with van der Waals surface area (Å²) in [5, 5.41) is 16.5. The van der Waals surface area contributed by atoms with Crippen LogP contribution in [0.25, 0.3) is 0 Å². The summed E-state index contributed by atoms with van der Waals surface area (Å²) in [7, 11) is 0. The highest BCUT2D eigenvalue weighted by Gasteiger charge is 2.19. The lowest BCUT2D eigenvalue weighted by Crippen LogP contribution is -2.35. The molecular formula is C14H22N2O. The molecule has 1 aromatic carbocycles. The van der Waals surface area contributed by atoms with E-state index in [1.807, 2.05) is 12.1 Å². The highest BCUT2D eigenvalue weighted by atomic mass is 16.3. The maximum atomic E-state index is 9.58. The van der Waals surface area contributed by atoms with E-state index in [0.717, 1.165) is 26.2 Å². The zero-order chi connectivity index (χ0) is 12.3. The first kappa shape index (κ1) is 12.4. The summed E-state index contributed by atoms with van der Waals surface area (Å²) in [5.41, 5.74) is 2.60. The Kier molecular flexibility index (Phi) is 4.02. The Morgan fingerprint density at radius 1 is 1.47 bits per heavy atom. The fraction of sp³-hybridized carbons (Fsp3) is 0.571. The Hall–Kier alpha value is -1.06. The van der Waals surface area contributed by atoms with E-state index in [9.17, 15) is 5.11 Å². The Labute approximate surface area is 103 Å². The van der Waals surface area contributed by atoms with Gasteiger partial charge in [-0.25, -0.2) is 0 Å². The Morgan fingerprint density at radius 2 is 2.29 bits per heavy atom. The summed E-state index contributed by atoms with van der Waals surface area (Å²) >= 11 is 0. The lowest BCUT2D eigenvalue weighted by molar-refractivity contribution is 0.458. The van der Waals surface area contributed by atoms with Gasteiger partial charge >= 0.3 is 0 Å². The van der Waals surface area contributed by atoms with E-state index in [1.54, 1.807) is 6.07 Å². The Bertz CT molecular complexity index is 376. The molecule has 3 nitrogen and oxygen atoms in total. The van der Waals surface area contributed by atoms with Crippen molar-refractivity contribution in [3.8, 4) is 5.75 Å². The van der Waals surface area contributed by atoms with Crippen LogP contribution in [0.4, 0.5) is 0 Å². The number of phenols is 1. The number of phenolic OH excluding ortho intramolecular Hbond substituents is 1. The van der Waals surface area contributed by atoms with Crippen LogP contribution >= 0.6 is 0 Å². The molecule has 1 heterocycles. The molecule has 0 spiro atoms. The molecule has 0 aliphatic carbocycles. The van der Waals surface area contributed by atoms with Gasteiger partial charge in [-0.2, -0.15) is 0 Å². The van der Waals surface area contributed by atoms with Crippen LogP contribution in [0.5, 0.6) is 5.75 Å². The van der Waals surface area contributed by atoms with Crippen LogP contribution in [-0.4, -0.2) is 24.7 Å². The minimum Gasteiger partial charge on any atom is -0.508 e. The van der Waals surface area contributed by atoms with Crippen molar-refractivity contribution in [3.63, 3.8) is 0 Å². The van der Waals surface area contributed by atoms with Gasteiger partial charge < -0.3 is 15.7 Å². The van der Waals surface area contributed by atoms with Crippen LogP contribution in [0.3, 0.4) is 0 Å². The third-order valence-corrected chi connectivity index (χ3v) is 3.22. The summed E-state index contributed by atoms with van der Waals surface area (Å²) in [6, 6.07) is 5.70. The number of rotatable bonds is 4.